The number of hydrogen-bond donors (Lipinski definition) is 1. The quantitative estimate of drug-likeness (QED) is 0.855. The summed E-state index contributed by atoms with van der Waals surface area (Å²) in [5.41, 5.74) is 1.19. The van der Waals surface area contributed by atoms with Crippen molar-refractivity contribution < 1.29 is 24.9 Å². The van der Waals surface area contributed by atoms with Gasteiger partial charge in [-0.25, -0.2) is 0 Å². The largest absolute Gasteiger partial charge is 0.321 e. The third-order valence-electron chi connectivity index (χ3n) is 1.93. The zero-order valence-corrected chi connectivity index (χ0v) is 10.8. The first-order valence-corrected chi connectivity index (χ1v) is 4.64. The summed E-state index contributed by atoms with van der Waals surface area (Å²) in [4.78, 5) is 15.6. The molecule has 1 N–H and O–H groups in total. The van der Waals surface area contributed by atoms with Gasteiger partial charge in [0.25, 0.3) is 5.91 Å². The molecule has 0 aliphatic heterocycles. The van der Waals surface area contributed by atoms with E-state index in [4.69, 9.17) is 0 Å². The van der Waals surface area contributed by atoms with Crippen LogP contribution in [-0.2, 0) is 20.1 Å². The number of anilines is 1. The van der Waals surface area contributed by atoms with Gasteiger partial charge in [-0.15, -0.1) is 0 Å². The molecular formula is C12H10IrN2O. The number of para-hydroxylation sites is 1. The Hall–Kier alpha value is -1.51. The maximum absolute atomic E-state index is 11.6. The molecule has 0 spiro atoms. The molecule has 1 aromatic carbocycles. The molecule has 83 valence electrons. The van der Waals surface area contributed by atoms with Crippen molar-refractivity contribution in [2.75, 3.05) is 5.32 Å². The van der Waals surface area contributed by atoms with Gasteiger partial charge in [0, 0.05) is 32.0 Å². The van der Waals surface area contributed by atoms with E-state index in [2.05, 4.69) is 10.3 Å². The minimum absolute atomic E-state index is 0. The minimum atomic E-state index is -0.193. The molecule has 0 aliphatic carbocycles. The average molecular weight is 390 g/mol. The van der Waals surface area contributed by atoms with E-state index in [1.54, 1.807) is 24.4 Å². The Morgan fingerprint density at radius 1 is 1.00 bits per heavy atom. The molecule has 0 saturated heterocycles. The zero-order valence-electron chi connectivity index (χ0n) is 8.38. The van der Waals surface area contributed by atoms with Gasteiger partial charge in [0.15, 0.2) is 0 Å². The summed E-state index contributed by atoms with van der Waals surface area (Å²) >= 11 is 0. The molecule has 4 heteroatoms. The third kappa shape index (κ3) is 3.26. The van der Waals surface area contributed by atoms with Gasteiger partial charge in [-0.3, -0.25) is 9.78 Å². The third-order valence-corrected chi connectivity index (χ3v) is 1.93. The Balaban J connectivity index is 0.00000128. The number of pyridine rings is 1. The molecule has 0 aliphatic rings. The first kappa shape index (κ1) is 12.6. The average Bonchev–Trinajstić information content (AvgIpc) is 2.31. The molecule has 1 heterocycles. The fraction of sp³-hybridized carbons (Fsp3) is 0. The van der Waals surface area contributed by atoms with Crippen molar-refractivity contribution >= 4 is 11.6 Å². The van der Waals surface area contributed by atoms with Crippen LogP contribution in [-0.4, -0.2) is 10.9 Å². The van der Waals surface area contributed by atoms with E-state index >= 15 is 0 Å². The van der Waals surface area contributed by atoms with Crippen LogP contribution in [0.15, 0.2) is 54.7 Å². The second kappa shape index (κ2) is 6.15. The summed E-state index contributed by atoms with van der Waals surface area (Å²) in [6.45, 7) is 0. The molecule has 2 rings (SSSR count). The Morgan fingerprint density at radius 3 is 2.31 bits per heavy atom. The van der Waals surface area contributed by atoms with Crippen LogP contribution in [0.3, 0.4) is 0 Å². The summed E-state index contributed by atoms with van der Waals surface area (Å²) in [6.07, 6.45) is 1.60. The van der Waals surface area contributed by atoms with Gasteiger partial charge in [0.05, 0.1) is 0 Å². The molecule has 1 radical (unpaired) electrons. The Kier molecular flexibility index (Phi) is 4.83. The number of nitrogens with one attached hydrogen (secondary N) is 1. The fourth-order valence-corrected chi connectivity index (χ4v) is 1.21. The number of carbonyl (C=O) groups is 1. The van der Waals surface area contributed by atoms with Crippen molar-refractivity contribution in [1.29, 1.82) is 0 Å². The number of aromatic nitrogens is 1. The van der Waals surface area contributed by atoms with Gasteiger partial charge < -0.3 is 5.32 Å². The van der Waals surface area contributed by atoms with Gasteiger partial charge in [0.2, 0.25) is 0 Å². The predicted molar refractivity (Wildman–Crippen MR) is 58.6 cm³/mol. The molecule has 0 atom stereocenters. The van der Waals surface area contributed by atoms with E-state index in [0.29, 0.717) is 5.69 Å². The SMILES string of the molecule is O=C(Nc1ccccc1)c1ccccn1.[Ir]. The van der Waals surface area contributed by atoms with Crippen LogP contribution in [0.5, 0.6) is 0 Å². The van der Waals surface area contributed by atoms with Crippen molar-refractivity contribution in [3.05, 3.63) is 60.4 Å². The van der Waals surface area contributed by atoms with Gasteiger partial charge in [-0.2, -0.15) is 0 Å². The van der Waals surface area contributed by atoms with E-state index < -0.39 is 0 Å². The molecule has 1 amide bonds. The summed E-state index contributed by atoms with van der Waals surface area (Å²) < 4.78 is 0. The minimum Gasteiger partial charge on any atom is -0.321 e. The van der Waals surface area contributed by atoms with Gasteiger partial charge >= 0.3 is 0 Å². The number of amides is 1. The van der Waals surface area contributed by atoms with E-state index in [0.717, 1.165) is 5.69 Å². The van der Waals surface area contributed by atoms with Crippen molar-refractivity contribution in [3.63, 3.8) is 0 Å². The van der Waals surface area contributed by atoms with E-state index in [-0.39, 0.29) is 26.0 Å². The van der Waals surface area contributed by atoms with Crippen molar-refractivity contribution in [1.82, 2.24) is 4.98 Å². The summed E-state index contributed by atoms with van der Waals surface area (Å²) in [5, 5.41) is 2.76. The van der Waals surface area contributed by atoms with Crippen LogP contribution < -0.4 is 5.32 Å². The monoisotopic (exact) mass is 391 g/mol. The van der Waals surface area contributed by atoms with Crippen LogP contribution in [0.4, 0.5) is 5.69 Å². The number of benzene rings is 1. The van der Waals surface area contributed by atoms with E-state index in [9.17, 15) is 4.79 Å². The molecular weight excluding hydrogens is 380 g/mol. The first-order chi connectivity index (χ1) is 7.36. The van der Waals surface area contributed by atoms with Gasteiger partial charge in [-0.1, -0.05) is 24.3 Å². The number of carbonyl (C=O) groups excluding carboxylic acids is 1. The molecule has 16 heavy (non-hydrogen) atoms. The van der Waals surface area contributed by atoms with Crippen molar-refractivity contribution in [2.45, 2.75) is 0 Å². The molecule has 0 unspecified atom stereocenters. The Morgan fingerprint density at radius 2 is 1.69 bits per heavy atom. The molecule has 0 saturated carbocycles. The molecule has 1 aromatic heterocycles. The first-order valence-electron chi connectivity index (χ1n) is 4.64. The van der Waals surface area contributed by atoms with Crippen LogP contribution in [0.1, 0.15) is 10.5 Å². The number of hydrogen-bond acceptors (Lipinski definition) is 2. The maximum atomic E-state index is 11.6. The fourth-order valence-electron chi connectivity index (χ4n) is 1.21. The van der Waals surface area contributed by atoms with E-state index in [1.807, 2.05) is 30.3 Å². The van der Waals surface area contributed by atoms with Crippen LogP contribution >= 0.6 is 0 Å². The Labute approximate surface area is 107 Å². The predicted octanol–water partition coefficient (Wildman–Crippen LogP) is 2.33. The smallest absolute Gasteiger partial charge is 0.274 e. The molecule has 0 bridgehead atoms. The van der Waals surface area contributed by atoms with Crippen molar-refractivity contribution in [2.24, 2.45) is 0 Å². The summed E-state index contributed by atoms with van der Waals surface area (Å²) in [6, 6.07) is 14.5. The summed E-state index contributed by atoms with van der Waals surface area (Å²) in [5.74, 6) is -0.193. The Bertz CT molecular complexity index is 445. The number of rotatable bonds is 2. The topological polar surface area (TPSA) is 42.0 Å². The molecule has 3 nitrogen and oxygen atoms in total. The van der Waals surface area contributed by atoms with Gasteiger partial charge in [0.1, 0.15) is 5.69 Å². The zero-order chi connectivity index (χ0) is 10.5. The summed E-state index contributed by atoms with van der Waals surface area (Å²) in [7, 11) is 0. The van der Waals surface area contributed by atoms with Crippen LogP contribution in [0.2, 0.25) is 0 Å². The maximum Gasteiger partial charge on any atom is 0.274 e. The second-order valence-electron chi connectivity index (χ2n) is 3.04. The normalized spacial score (nSPS) is 9.00. The molecule has 0 fully saturated rings. The second-order valence-corrected chi connectivity index (χ2v) is 3.04. The van der Waals surface area contributed by atoms with Crippen LogP contribution in [0, 0.1) is 0 Å². The standard InChI is InChI=1S/C12H10N2O.Ir/c15-12(11-8-4-5-9-13-11)14-10-6-2-1-3-7-10;/h1-9H,(H,14,15);. The van der Waals surface area contributed by atoms with E-state index in [1.165, 1.54) is 0 Å². The van der Waals surface area contributed by atoms with Crippen LogP contribution in [0.25, 0.3) is 0 Å². The van der Waals surface area contributed by atoms with Gasteiger partial charge in [-0.05, 0) is 24.3 Å². The number of nitrogens with zero attached hydrogens (tertiary/aromatic N) is 1. The molecule has 2 aromatic rings. The van der Waals surface area contributed by atoms with Crippen molar-refractivity contribution in [3.8, 4) is 0 Å².